The zero-order valence-electron chi connectivity index (χ0n) is 30.7. The first-order valence-electron chi connectivity index (χ1n) is 19.3. The van der Waals surface area contributed by atoms with Gasteiger partial charge in [0, 0.05) is 44.0 Å². The lowest BCUT2D eigenvalue weighted by Crippen LogP contribution is -1.94. The van der Waals surface area contributed by atoms with Gasteiger partial charge in [-0.25, -0.2) is 9.97 Å². The Hall–Kier alpha value is -7.76. The van der Waals surface area contributed by atoms with E-state index in [1.807, 2.05) is 36.4 Å². The van der Waals surface area contributed by atoms with Crippen molar-refractivity contribution in [1.29, 1.82) is 0 Å². The second kappa shape index (κ2) is 12.4. The fourth-order valence-corrected chi connectivity index (χ4v) is 8.79. The summed E-state index contributed by atoms with van der Waals surface area (Å²) in [6, 6.07) is 68.4. The third kappa shape index (κ3) is 4.82. The molecule has 4 aromatic heterocycles. The lowest BCUT2D eigenvalue weighted by molar-refractivity contribution is 0.667. The highest BCUT2D eigenvalue weighted by Crippen LogP contribution is 2.44. The Balaban J connectivity index is 1.16. The van der Waals surface area contributed by atoms with Crippen LogP contribution in [-0.2, 0) is 0 Å². The molecule has 0 radical (unpaired) electrons. The molecule has 0 aliphatic rings. The van der Waals surface area contributed by atoms with Gasteiger partial charge in [-0.05, 0) is 77.9 Å². The number of hydrogen-bond donors (Lipinski definition) is 0. The number of aromatic nitrogens is 4. The Kier molecular flexibility index (Phi) is 6.86. The minimum Gasteiger partial charge on any atom is -0.452 e. The predicted octanol–water partition coefficient (Wildman–Crippen LogP) is 13.6. The molecule has 12 rings (SSSR count). The van der Waals surface area contributed by atoms with E-state index in [2.05, 4.69) is 167 Å². The number of rotatable bonds is 5. The average molecular weight is 729 g/mol. The lowest BCUT2D eigenvalue weighted by Gasteiger charge is -2.09. The fourth-order valence-electron chi connectivity index (χ4n) is 8.79. The Morgan fingerprint density at radius 1 is 0.368 bits per heavy atom. The van der Waals surface area contributed by atoms with Gasteiger partial charge in [-0.1, -0.05) is 127 Å². The molecule has 0 unspecified atom stereocenters. The molecular formula is C52H32N4O. The fraction of sp³-hybridized carbons (Fsp3) is 0. The van der Waals surface area contributed by atoms with Crippen LogP contribution in [0.2, 0.25) is 0 Å². The van der Waals surface area contributed by atoms with Crippen LogP contribution in [-0.4, -0.2) is 19.1 Å². The maximum Gasteiger partial charge on any atom is 0.180 e. The first kappa shape index (κ1) is 31.6. The van der Waals surface area contributed by atoms with Gasteiger partial charge in [-0.15, -0.1) is 0 Å². The van der Waals surface area contributed by atoms with Gasteiger partial charge in [-0.2, -0.15) is 0 Å². The first-order valence-corrected chi connectivity index (χ1v) is 19.3. The van der Waals surface area contributed by atoms with E-state index >= 15 is 0 Å². The molecule has 266 valence electrons. The molecule has 0 saturated carbocycles. The quantitative estimate of drug-likeness (QED) is 0.177. The van der Waals surface area contributed by atoms with Crippen molar-refractivity contribution in [3.8, 4) is 45.1 Å². The van der Waals surface area contributed by atoms with E-state index in [1.54, 1.807) is 0 Å². The largest absolute Gasteiger partial charge is 0.452 e. The highest BCUT2D eigenvalue weighted by Gasteiger charge is 2.24. The van der Waals surface area contributed by atoms with Crippen LogP contribution in [0.1, 0.15) is 0 Å². The number of fused-ring (bicyclic) bond motifs is 10. The molecular weight excluding hydrogens is 697 g/mol. The Morgan fingerprint density at radius 3 is 1.58 bits per heavy atom. The van der Waals surface area contributed by atoms with Crippen molar-refractivity contribution in [2.24, 2.45) is 0 Å². The molecule has 0 atom stereocenters. The molecule has 0 spiro atoms. The summed E-state index contributed by atoms with van der Waals surface area (Å²) in [6.07, 6.45) is 0. The smallest absolute Gasteiger partial charge is 0.180 e. The van der Waals surface area contributed by atoms with Crippen LogP contribution in [0.3, 0.4) is 0 Å². The number of benzene rings is 8. The van der Waals surface area contributed by atoms with Gasteiger partial charge in [-0.3, -0.25) is 0 Å². The van der Waals surface area contributed by atoms with Crippen molar-refractivity contribution in [3.63, 3.8) is 0 Å². The topological polar surface area (TPSA) is 48.8 Å². The minimum atomic E-state index is 0.664. The molecule has 57 heavy (non-hydrogen) atoms. The standard InChI is InChI=1S/C52H32N4O/c1-5-15-33(16-6-1)49-51-50(54-52(53-49)34-17-7-2-8-18-34)48-46(57-51)30-29-45-47(48)41-32-36(26-28-44(41)56(45)38-21-11-4-12-22-38)35-25-27-43-40(31-35)39-23-13-14-24-42(39)55(43)37-19-9-3-10-20-37/h1-32H. The summed E-state index contributed by atoms with van der Waals surface area (Å²) in [7, 11) is 0. The van der Waals surface area contributed by atoms with E-state index in [9.17, 15) is 0 Å². The Morgan fingerprint density at radius 2 is 0.895 bits per heavy atom. The van der Waals surface area contributed by atoms with Crippen LogP contribution < -0.4 is 0 Å². The summed E-state index contributed by atoms with van der Waals surface area (Å²) < 4.78 is 11.5. The second-order valence-corrected chi connectivity index (χ2v) is 14.6. The molecule has 0 saturated heterocycles. The SMILES string of the molecule is c1ccc(-c2nc(-c3ccccc3)c3oc4ccc5c(c6cc(-c7ccc8c(c7)c7ccccc7n8-c7ccccc7)ccc6n5-c5ccccc5)c4c3n2)cc1. The van der Waals surface area contributed by atoms with E-state index in [4.69, 9.17) is 14.4 Å². The molecule has 4 heterocycles. The highest BCUT2D eigenvalue weighted by atomic mass is 16.3. The molecule has 0 N–H and O–H groups in total. The van der Waals surface area contributed by atoms with Crippen molar-refractivity contribution in [1.82, 2.24) is 19.1 Å². The summed E-state index contributed by atoms with van der Waals surface area (Å²) in [5.41, 5.74) is 14.1. The van der Waals surface area contributed by atoms with Crippen LogP contribution in [0.25, 0.3) is 111 Å². The third-order valence-corrected chi connectivity index (χ3v) is 11.3. The van der Waals surface area contributed by atoms with Gasteiger partial charge in [0.25, 0.3) is 0 Å². The predicted molar refractivity (Wildman–Crippen MR) is 234 cm³/mol. The second-order valence-electron chi connectivity index (χ2n) is 14.6. The van der Waals surface area contributed by atoms with Gasteiger partial charge in [0.15, 0.2) is 11.4 Å². The molecule has 8 aromatic carbocycles. The number of nitrogens with zero attached hydrogens (tertiary/aromatic N) is 4. The van der Waals surface area contributed by atoms with Gasteiger partial charge in [0.1, 0.15) is 16.8 Å². The molecule has 5 nitrogen and oxygen atoms in total. The maximum atomic E-state index is 6.81. The van der Waals surface area contributed by atoms with E-state index in [1.165, 1.54) is 21.8 Å². The Labute approximate surface area is 327 Å². The highest BCUT2D eigenvalue weighted by molar-refractivity contribution is 6.28. The van der Waals surface area contributed by atoms with Gasteiger partial charge in [0.2, 0.25) is 0 Å². The summed E-state index contributed by atoms with van der Waals surface area (Å²) in [6.45, 7) is 0. The van der Waals surface area contributed by atoms with E-state index < -0.39 is 0 Å². The molecule has 0 amide bonds. The van der Waals surface area contributed by atoms with Crippen molar-refractivity contribution < 1.29 is 4.42 Å². The zero-order valence-corrected chi connectivity index (χ0v) is 30.7. The van der Waals surface area contributed by atoms with Crippen molar-refractivity contribution in [3.05, 3.63) is 194 Å². The monoisotopic (exact) mass is 728 g/mol. The number of para-hydroxylation sites is 3. The lowest BCUT2D eigenvalue weighted by atomic mass is 9.99. The Bertz CT molecular complexity index is 3490. The van der Waals surface area contributed by atoms with Gasteiger partial charge in [0.05, 0.1) is 27.5 Å². The summed E-state index contributed by atoms with van der Waals surface area (Å²) in [5.74, 6) is 0.664. The first-order chi connectivity index (χ1) is 28.3. The van der Waals surface area contributed by atoms with Crippen LogP contribution in [0, 0.1) is 0 Å². The normalized spacial score (nSPS) is 11.9. The summed E-state index contributed by atoms with van der Waals surface area (Å²) in [4.78, 5) is 10.5. The van der Waals surface area contributed by atoms with Gasteiger partial charge >= 0.3 is 0 Å². The maximum absolute atomic E-state index is 6.81. The molecule has 0 aliphatic carbocycles. The van der Waals surface area contributed by atoms with Crippen molar-refractivity contribution >= 4 is 65.7 Å². The molecule has 0 bridgehead atoms. The van der Waals surface area contributed by atoms with E-state index in [-0.39, 0.29) is 0 Å². The molecule has 12 aromatic rings. The van der Waals surface area contributed by atoms with E-state index in [0.717, 1.165) is 77.6 Å². The van der Waals surface area contributed by atoms with Crippen molar-refractivity contribution in [2.75, 3.05) is 0 Å². The average Bonchev–Trinajstić information content (AvgIpc) is 3.94. The van der Waals surface area contributed by atoms with Crippen LogP contribution in [0.5, 0.6) is 0 Å². The summed E-state index contributed by atoms with van der Waals surface area (Å²) in [5, 5.41) is 5.67. The van der Waals surface area contributed by atoms with Gasteiger partial charge < -0.3 is 13.6 Å². The summed E-state index contributed by atoms with van der Waals surface area (Å²) >= 11 is 0. The molecule has 0 fully saturated rings. The molecule has 0 aliphatic heterocycles. The number of furan rings is 1. The van der Waals surface area contributed by atoms with Crippen LogP contribution in [0.15, 0.2) is 199 Å². The van der Waals surface area contributed by atoms with E-state index in [0.29, 0.717) is 11.4 Å². The molecule has 5 heteroatoms. The van der Waals surface area contributed by atoms with Crippen LogP contribution >= 0.6 is 0 Å². The van der Waals surface area contributed by atoms with Crippen molar-refractivity contribution in [2.45, 2.75) is 0 Å². The number of hydrogen-bond acceptors (Lipinski definition) is 3. The van der Waals surface area contributed by atoms with Crippen LogP contribution in [0.4, 0.5) is 0 Å². The third-order valence-electron chi connectivity index (χ3n) is 11.3. The zero-order chi connectivity index (χ0) is 37.5. The minimum absolute atomic E-state index is 0.664.